The second-order valence-electron chi connectivity index (χ2n) is 7.69. The van der Waals surface area contributed by atoms with Crippen LogP contribution in [0.1, 0.15) is 15.9 Å². The van der Waals surface area contributed by atoms with Crippen molar-refractivity contribution in [3.8, 4) is 0 Å². The molecule has 0 spiro atoms. The van der Waals surface area contributed by atoms with Crippen LogP contribution in [0.5, 0.6) is 0 Å². The molecule has 0 bridgehead atoms. The van der Waals surface area contributed by atoms with Gasteiger partial charge >= 0.3 is 0 Å². The van der Waals surface area contributed by atoms with Gasteiger partial charge < -0.3 is 0 Å². The Morgan fingerprint density at radius 2 is 0.800 bits per heavy atom. The van der Waals surface area contributed by atoms with Crippen molar-refractivity contribution in [1.29, 1.82) is 0 Å². The summed E-state index contributed by atoms with van der Waals surface area (Å²) < 4.78 is 0. The summed E-state index contributed by atoms with van der Waals surface area (Å²) in [6.45, 7) is 0. The molecule has 0 fully saturated rings. The highest BCUT2D eigenvalue weighted by molar-refractivity contribution is 7.99. The van der Waals surface area contributed by atoms with E-state index in [0.717, 1.165) is 19.6 Å². The lowest BCUT2D eigenvalue weighted by Gasteiger charge is -2.14. The summed E-state index contributed by atoms with van der Waals surface area (Å²) in [7, 11) is 0. The van der Waals surface area contributed by atoms with Crippen LogP contribution in [0.4, 0.5) is 11.4 Å². The van der Waals surface area contributed by atoms with E-state index in [0.29, 0.717) is 22.5 Å². The van der Waals surface area contributed by atoms with Crippen LogP contribution < -0.4 is 9.80 Å². The number of hydrogen-bond acceptors (Lipinski definition) is 6. The molecule has 3 aromatic carbocycles. The van der Waals surface area contributed by atoms with Gasteiger partial charge in [0.05, 0.1) is 11.4 Å². The molecule has 2 heterocycles. The SMILES string of the molecule is O=C(c1ccc(Sc2ccc(N3C(=O)C=CC3=O)cc2)cc1)c1ccc(N2C(=O)C=CC2=O)cc1. The Hall–Kier alpha value is -4.56. The first-order valence-electron chi connectivity index (χ1n) is 10.6. The summed E-state index contributed by atoms with van der Waals surface area (Å²) in [5, 5.41) is 0. The summed E-state index contributed by atoms with van der Waals surface area (Å²) in [6.07, 6.45) is 4.91. The minimum absolute atomic E-state index is 0.178. The highest BCUT2D eigenvalue weighted by Gasteiger charge is 2.26. The number of ketones is 1. The van der Waals surface area contributed by atoms with Gasteiger partial charge in [-0.3, -0.25) is 24.0 Å². The third kappa shape index (κ3) is 4.34. The summed E-state index contributed by atoms with van der Waals surface area (Å²) in [5.41, 5.74) is 1.87. The maximum absolute atomic E-state index is 12.9. The lowest BCUT2D eigenvalue weighted by molar-refractivity contribution is -0.121. The number of rotatable bonds is 6. The first-order valence-corrected chi connectivity index (χ1v) is 11.4. The Kier molecular flexibility index (Phi) is 5.72. The van der Waals surface area contributed by atoms with E-state index in [-0.39, 0.29) is 17.6 Å². The van der Waals surface area contributed by atoms with Crippen molar-refractivity contribution in [3.05, 3.63) is 108 Å². The van der Waals surface area contributed by atoms with Gasteiger partial charge in [-0.05, 0) is 72.8 Å². The Morgan fingerprint density at radius 1 is 0.486 bits per heavy atom. The second-order valence-corrected chi connectivity index (χ2v) is 8.83. The summed E-state index contributed by atoms with van der Waals surface area (Å²) >= 11 is 1.48. The molecule has 0 aliphatic carbocycles. The molecule has 0 saturated heterocycles. The maximum Gasteiger partial charge on any atom is 0.258 e. The van der Waals surface area contributed by atoms with E-state index in [1.165, 1.54) is 36.1 Å². The third-order valence-electron chi connectivity index (χ3n) is 5.45. The Balaban J connectivity index is 1.24. The van der Waals surface area contributed by atoms with Gasteiger partial charge in [0.15, 0.2) is 5.78 Å². The number of nitrogens with zero attached hydrogens (tertiary/aromatic N) is 2. The van der Waals surface area contributed by atoms with Crippen molar-refractivity contribution in [2.24, 2.45) is 0 Å². The van der Waals surface area contributed by atoms with Gasteiger partial charge in [-0.2, -0.15) is 0 Å². The Labute approximate surface area is 204 Å². The maximum atomic E-state index is 12.9. The van der Waals surface area contributed by atoms with Crippen molar-refractivity contribution in [2.75, 3.05) is 9.80 Å². The van der Waals surface area contributed by atoms with Gasteiger partial charge in [-0.25, -0.2) is 9.80 Å². The van der Waals surface area contributed by atoms with Gasteiger partial charge in [0.25, 0.3) is 23.6 Å². The van der Waals surface area contributed by atoms with Crippen LogP contribution in [0.25, 0.3) is 0 Å². The minimum Gasteiger partial charge on any atom is -0.289 e. The van der Waals surface area contributed by atoms with Crippen LogP contribution in [-0.4, -0.2) is 29.4 Å². The molecule has 2 aliphatic heterocycles. The number of imide groups is 2. The highest BCUT2D eigenvalue weighted by Crippen LogP contribution is 2.30. The van der Waals surface area contributed by atoms with E-state index < -0.39 is 11.8 Å². The van der Waals surface area contributed by atoms with Crippen molar-refractivity contribution in [2.45, 2.75) is 9.79 Å². The molecule has 0 unspecified atom stereocenters. The van der Waals surface area contributed by atoms with E-state index in [1.807, 2.05) is 24.3 Å². The van der Waals surface area contributed by atoms with Gasteiger partial charge in [-0.15, -0.1) is 0 Å². The number of hydrogen-bond donors (Lipinski definition) is 0. The molecule has 0 atom stereocenters. The summed E-state index contributed by atoms with van der Waals surface area (Å²) in [4.78, 5) is 64.1. The smallest absolute Gasteiger partial charge is 0.258 e. The fourth-order valence-electron chi connectivity index (χ4n) is 3.71. The Bertz CT molecular complexity index is 1400. The second kappa shape index (κ2) is 9.00. The van der Waals surface area contributed by atoms with E-state index in [1.54, 1.807) is 48.5 Å². The first kappa shape index (κ1) is 22.2. The van der Waals surface area contributed by atoms with Crippen molar-refractivity contribution in [3.63, 3.8) is 0 Å². The fourth-order valence-corrected chi connectivity index (χ4v) is 4.53. The van der Waals surface area contributed by atoms with E-state index in [4.69, 9.17) is 0 Å². The molecule has 2 aliphatic rings. The molecule has 0 saturated carbocycles. The molecule has 8 heteroatoms. The van der Waals surface area contributed by atoms with Crippen LogP contribution in [0.3, 0.4) is 0 Å². The molecule has 7 nitrogen and oxygen atoms in total. The lowest BCUT2D eigenvalue weighted by atomic mass is 10.0. The van der Waals surface area contributed by atoms with Gasteiger partial charge in [0, 0.05) is 45.2 Å². The number of carbonyl (C=O) groups excluding carboxylic acids is 5. The van der Waals surface area contributed by atoms with Crippen molar-refractivity contribution in [1.82, 2.24) is 0 Å². The van der Waals surface area contributed by atoms with E-state index >= 15 is 0 Å². The zero-order valence-corrected chi connectivity index (χ0v) is 18.9. The van der Waals surface area contributed by atoms with Crippen molar-refractivity contribution >= 4 is 52.5 Å². The average Bonchev–Trinajstić information content (AvgIpc) is 3.39. The van der Waals surface area contributed by atoms with Gasteiger partial charge in [0.1, 0.15) is 0 Å². The van der Waals surface area contributed by atoms with Crippen LogP contribution in [-0.2, 0) is 19.2 Å². The fraction of sp³-hybridized carbons (Fsp3) is 0. The monoisotopic (exact) mass is 480 g/mol. The highest BCUT2D eigenvalue weighted by atomic mass is 32.2. The molecule has 0 radical (unpaired) electrons. The normalized spacial score (nSPS) is 15.0. The molecular formula is C27H16N2O5S. The number of amides is 4. The average molecular weight is 481 g/mol. The molecule has 0 N–H and O–H groups in total. The number of anilines is 2. The minimum atomic E-state index is -0.410. The molecule has 35 heavy (non-hydrogen) atoms. The van der Waals surface area contributed by atoms with Crippen LogP contribution >= 0.6 is 11.8 Å². The first-order chi connectivity index (χ1) is 16.9. The number of carbonyl (C=O) groups is 5. The zero-order valence-electron chi connectivity index (χ0n) is 18.1. The lowest BCUT2D eigenvalue weighted by Crippen LogP contribution is -2.29. The zero-order chi connectivity index (χ0) is 24.5. The largest absolute Gasteiger partial charge is 0.289 e. The van der Waals surface area contributed by atoms with Crippen LogP contribution in [0, 0.1) is 0 Å². The van der Waals surface area contributed by atoms with E-state index in [9.17, 15) is 24.0 Å². The summed E-state index contributed by atoms with van der Waals surface area (Å²) in [5.74, 6) is -1.72. The van der Waals surface area contributed by atoms with Gasteiger partial charge in [0.2, 0.25) is 0 Å². The summed E-state index contributed by atoms with van der Waals surface area (Å²) in [6, 6.07) is 20.5. The quantitative estimate of drug-likeness (QED) is 0.392. The number of benzene rings is 3. The van der Waals surface area contributed by atoms with Gasteiger partial charge in [-0.1, -0.05) is 11.8 Å². The molecule has 0 aromatic heterocycles. The predicted molar refractivity (Wildman–Crippen MR) is 130 cm³/mol. The molecule has 170 valence electrons. The Morgan fingerprint density at radius 3 is 1.20 bits per heavy atom. The molecule has 4 amide bonds. The van der Waals surface area contributed by atoms with Crippen LogP contribution in [0.15, 0.2) is 107 Å². The van der Waals surface area contributed by atoms with Crippen molar-refractivity contribution < 1.29 is 24.0 Å². The molecule has 5 rings (SSSR count). The topological polar surface area (TPSA) is 91.8 Å². The van der Waals surface area contributed by atoms with E-state index in [2.05, 4.69) is 0 Å². The molecule has 3 aromatic rings. The third-order valence-corrected chi connectivity index (χ3v) is 6.47. The predicted octanol–water partition coefficient (Wildman–Crippen LogP) is 3.93. The van der Waals surface area contributed by atoms with Crippen LogP contribution in [0.2, 0.25) is 0 Å². The standard InChI is InChI=1S/C27H16N2O5S/c30-23-13-14-24(31)28(23)19-5-1-17(2-6-19)27(34)18-3-9-21(10-4-18)35-22-11-7-20(8-12-22)29-25(32)15-16-26(29)33/h1-16H. The molecular weight excluding hydrogens is 464 g/mol.